The number of nitrogens with zero attached hydrogens (tertiary/aromatic N) is 2. The Balaban J connectivity index is 0.000000147. The van der Waals surface area contributed by atoms with E-state index in [4.69, 9.17) is 11.6 Å². The molecule has 0 aliphatic heterocycles. The van der Waals surface area contributed by atoms with Crippen molar-refractivity contribution in [3.05, 3.63) is 56.0 Å². The van der Waals surface area contributed by atoms with E-state index in [1.54, 1.807) is 34.9 Å². The molecule has 7 heteroatoms. The first-order chi connectivity index (χ1) is 9.75. The van der Waals surface area contributed by atoms with Crippen molar-refractivity contribution in [3.63, 3.8) is 0 Å². The van der Waals surface area contributed by atoms with Crippen molar-refractivity contribution in [1.82, 2.24) is 9.97 Å². The van der Waals surface area contributed by atoms with Crippen molar-refractivity contribution >= 4 is 101 Å². The Hall–Kier alpha value is -0.0300. The summed E-state index contributed by atoms with van der Waals surface area (Å²) >= 11 is 11.6. The standard InChI is InChI=1S/C7H4ClNS.C7H4INS.HI/c2*8-5-1-3-9-6-2-4-10-7(5)6;/h2*1-4H;1H. The largest absolute Gasteiger partial charge is 0.255 e. The van der Waals surface area contributed by atoms with Crippen LogP contribution in [0.1, 0.15) is 0 Å². The molecule has 0 atom stereocenters. The first-order valence-electron chi connectivity index (χ1n) is 5.71. The van der Waals surface area contributed by atoms with Crippen molar-refractivity contribution in [2.45, 2.75) is 0 Å². The molecule has 21 heavy (non-hydrogen) atoms. The third-order valence-electron chi connectivity index (χ3n) is 2.59. The summed E-state index contributed by atoms with van der Waals surface area (Å²) in [5.41, 5.74) is 2.09. The molecule has 0 amide bonds. The van der Waals surface area contributed by atoms with Crippen LogP contribution in [0.15, 0.2) is 47.4 Å². The first-order valence-corrected chi connectivity index (χ1v) is 8.93. The Kier molecular flexibility index (Phi) is 6.60. The normalized spacial score (nSPS) is 10.0. The van der Waals surface area contributed by atoms with Gasteiger partial charge in [0.15, 0.2) is 0 Å². The van der Waals surface area contributed by atoms with Gasteiger partial charge in [0.05, 0.1) is 25.5 Å². The van der Waals surface area contributed by atoms with Crippen LogP contribution in [0.3, 0.4) is 0 Å². The van der Waals surface area contributed by atoms with Gasteiger partial charge in [-0.15, -0.1) is 46.7 Å². The fourth-order valence-corrected chi connectivity index (χ4v) is 4.30. The van der Waals surface area contributed by atoms with Crippen LogP contribution in [-0.4, -0.2) is 9.97 Å². The molecule has 0 aliphatic carbocycles. The van der Waals surface area contributed by atoms with Crippen LogP contribution < -0.4 is 0 Å². The van der Waals surface area contributed by atoms with Crippen LogP contribution in [0.5, 0.6) is 0 Å². The lowest BCUT2D eigenvalue weighted by Crippen LogP contribution is -1.73. The smallest absolute Gasteiger partial charge is 0.0824 e. The monoisotopic (exact) mass is 558 g/mol. The van der Waals surface area contributed by atoms with Gasteiger partial charge in [0, 0.05) is 16.0 Å². The number of fused-ring (bicyclic) bond motifs is 2. The summed E-state index contributed by atoms with van der Waals surface area (Å²) in [5, 5.41) is 4.85. The lowest BCUT2D eigenvalue weighted by atomic mass is 10.4. The summed E-state index contributed by atoms with van der Waals surface area (Å²) < 4.78 is 3.66. The van der Waals surface area contributed by atoms with E-state index in [9.17, 15) is 0 Å². The van der Waals surface area contributed by atoms with E-state index in [1.165, 1.54) is 8.27 Å². The lowest BCUT2D eigenvalue weighted by molar-refractivity contribution is 1.42. The van der Waals surface area contributed by atoms with Gasteiger partial charge in [-0.1, -0.05) is 11.6 Å². The quantitative estimate of drug-likeness (QED) is 0.231. The van der Waals surface area contributed by atoms with E-state index in [1.807, 2.05) is 29.8 Å². The minimum absolute atomic E-state index is 0. The summed E-state index contributed by atoms with van der Waals surface area (Å²) in [4.78, 5) is 8.34. The summed E-state index contributed by atoms with van der Waals surface area (Å²) in [6.45, 7) is 0. The van der Waals surface area contributed by atoms with Crippen molar-refractivity contribution in [3.8, 4) is 0 Å². The average molecular weight is 559 g/mol. The molecule has 2 nitrogen and oxygen atoms in total. The predicted molar refractivity (Wildman–Crippen MR) is 112 cm³/mol. The maximum Gasteiger partial charge on any atom is 0.0824 e. The van der Waals surface area contributed by atoms with E-state index < -0.39 is 0 Å². The van der Waals surface area contributed by atoms with Crippen LogP contribution in [-0.2, 0) is 0 Å². The van der Waals surface area contributed by atoms with Crippen LogP contribution in [0.2, 0.25) is 5.02 Å². The van der Waals surface area contributed by atoms with E-state index in [0.29, 0.717) is 0 Å². The molecule has 108 valence electrons. The summed E-state index contributed by atoms with van der Waals surface area (Å²) in [7, 11) is 0. The van der Waals surface area contributed by atoms with Gasteiger partial charge in [-0.2, -0.15) is 0 Å². The van der Waals surface area contributed by atoms with Gasteiger partial charge in [0.2, 0.25) is 0 Å². The minimum Gasteiger partial charge on any atom is -0.255 e. The number of thiophene rings is 2. The molecule has 0 bridgehead atoms. The molecule has 0 N–H and O–H groups in total. The number of hydrogen-bond acceptors (Lipinski definition) is 4. The van der Waals surface area contributed by atoms with Crippen LogP contribution in [0.4, 0.5) is 0 Å². The second kappa shape index (κ2) is 8.00. The zero-order chi connectivity index (χ0) is 13.9. The van der Waals surface area contributed by atoms with E-state index >= 15 is 0 Å². The Morgan fingerprint density at radius 1 is 0.857 bits per heavy atom. The van der Waals surface area contributed by atoms with Gasteiger partial charge in [-0.05, 0) is 57.6 Å². The Morgan fingerprint density at radius 2 is 1.43 bits per heavy atom. The molecule has 0 saturated carbocycles. The number of rotatable bonds is 0. The first kappa shape index (κ1) is 17.3. The Morgan fingerprint density at radius 3 is 2.05 bits per heavy atom. The van der Waals surface area contributed by atoms with Gasteiger partial charge < -0.3 is 0 Å². The summed E-state index contributed by atoms with van der Waals surface area (Å²) in [6.07, 6.45) is 3.56. The highest BCUT2D eigenvalue weighted by Crippen LogP contribution is 2.26. The van der Waals surface area contributed by atoms with Crippen molar-refractivity contribution in [2.24, 2.45) is 0 Å². The minimum atomic E-state index is 0. The maximum absolute atomic E-state index is 5.87. The molecule has 0 fully saturated rings. The molecule has 0 spiro atoms. The zero-order valence-electron chi connectivity index (χ0n) is 10.5. The molecule has 0 saturated heterocycles. The van der Waals surface area contributed by atoms with E-state index in [0.717, 1.165) is 20.8 Å². The Bertz CT molecular complexity index is 788. The molecule has 0 aromatic carbocycles. The summed E-state index contributed by atoms with van der Waals surface area (Å²) in [5.74, 6) is 0. The highest BCUT2D eigenvalue weighted by Gasteiger charge is 1.98. The highest BCUT2D eigenvalue weighted by molar-refractivity contribution is 14.1. The fourth-order valence-electron chi connectivity index (χ4n) is 1.68. The fraction of sp³-hybridized carbons (Fsp3) is 0. The number of pyridine rings is 2. The van der Waals surface area contributed by atoms with Gasteiger partial charge in [0.25, 0.3) is 0 Å². The van der Waals surface area contributed by atoms with Gasteiger partial charge >= 0.3 is 0 Å². The maximum atomic E-state index is 5.87. The molecule has 4 aromatic heterocycles. The van der Waals surface area contributed by atoms with Crippen molar-refractivity contribution < 1.29 is 0 Å². The Labute approximate surface area is 165 Å². The zero-order valence-corrected chi connectivity index (χ0v) is 17.4. The molecule has 0 radical (unpaired) electrons. The SMILES string of the molecule is Clc1ccnc2ccsc12.I.Ic1ccnc2ccsc12. The molecule has 4 heterocycles. The molecule has 0 aliphatic rings. The van der Waals surface area contributed by atoms with Crippen molar-refractivity contribution in [1.29, 1.82) is 0 Å². The molecular weight excluding hydrogens is 550 g/mol. The average Bonchev–Trinajstić information content (AvgIpc) is 3.08. The van der Waals surface area contributed by atoms with Crippen LogP contribution in [0.25, 0.3) is 20.4 Å². The van der Waals surface area contributed by atoms with Crippen LogP contribution >= 0.6 is 80.8 Å². The van der Waals surface area contributed by atoms with Gasteiger partial charge in [-0.25, -0.2) is 0 Å². The third-order valence-corrected chi connectivity index (χ3v) is 6.16. The molecular formula is C14H9ClI2N2S2. The lowest BCUT2D eigenvalue weighted by Gasteiger charge is -1.89. The van der Waals surface area contributed by atoms with Crippen LogP contribution in [0, 0.1) is 3.57 Å². The number of halogens is 3. The molecule has 0 unspecified atom stereocenters. The highest BCUT2D eigenvalue weighted by atomic mass is 127. The molecule has 4 rings (SSSR count). The molecule has 4 aromatic rings. The van der Waals surface area contributed by atoms with E-state index in [2.05, 4.69) is 37.9 Å². The van der Waals surface area contributed by atoms with Gasteiger partial charge in [0.1, 0.15) is 0 Å². The van der Waals surface area contributed by atoms with Crippen molar-refractivity contribution in [2.75, 3.05) is 0 Å². The second-order valence-corrected chi connectivity index (χ2v) is 7.26. The predicted octanol–water partition coefficient (Wildman–Crippen LogP) is 6.47. The summed E-state index contributed by atoms with van der Waals surface area (Å²) in [6, 6.07) is 7.84. The number of hydrogen-bond donors (Lipinski definition) is 0. The topological polar surface area (TPSA) is 25.8 Å². The van der Waals surface area contributed by atoms with Gasteiger partial charge in [-0.3, -0.25) is 9.97 Å². The van der Waals surface area contributed by atoms with E-state index in [-0.39, 0.29) is 24.0 Å². The number of aromatic nitrogens is 2. The third kappa shape index (κ3) is 4.04. The second-order valence-electron chi connectivity index (χ2n) is 3.86.